The summed E-state index contributed by atoms with van der Waals surface area (Å²) in [5.41, 5.74) is -1.13. The van der Waals surface area contributed by atoms with E-state index in [9.17, 15) is 27.3 Å². The van der Waals surface area contributed by atoms with Crippen LogP contribution in [0.4, 0.5) is 20.2 Å². The number of hydrogen-bond acceptors (Lipinski definition) is 4. The van der Waals surface area contributed by atoms with E-state index in [2.05, 4.69) is 0 Å². The zero-order valence-corrected chi connectivity index (χ0v) is 11.1. The normalized spacial score (nSPS) is 11.1. The molecule has 21 heavy (non-hydrogen) atoms. The second-order valence-corrected chi connectivity index (χ2v) is 5.61. The predicted octanol–water partition coefficient (Wildman–Crippen LogP) is 2.67. The standard InChI is InChI=1S/C12H8F2N2O4S/c13-9-6-5-8(16(17)18)7-11(9)15-21(19,20)12-4-2-1-3-10(12)14/h1-7,15H. The fourth-order valence-electron chi connectivity index (χ4n) is 1.57. The number of rotatable bonds is 4. The summed E-state index contributed by atoms with van der Waals surface area (Å²) in [5.74, 6) is -2.03. The van der Waals surface area contributed by atoms with Crippen LogP contribution < -0.4 is 4.72 Å². The molecule has 0 atom stereocenters. The Hall–Kier alpha value is -2.55. The van der Waals surface area contributed by atoms with E-state index in [1.165, 1.54) is 12.1 Å². The second kappa shape index (κ2) is 5.44. The number of nitrogens with one attached hydrogen (secondary N) is 1. The van der Waals surface area contributed by atoms with Gasteiger partial charge in [-0.1, -0.05) is 12.1 Å². The third-order valence-electron chi connectivity index (χ3n) is 2.53. The Morgan fingerprint density at radius 1 is 1.05 bits per heavy atom. The SMILES string of the molecule is O=[N+]([O-])c1ccc(F)c(NS(=O)(=O)c2ccccc2F)c1. The number of benzene rings is 2. The average Bonchev–Trinajstić information content (AvgIpc) is 2.41. The van der Waals surface area contributed by atoms with Crippen LogP contribution in [0.1, 0.15) is 0 Å². The first-order valence-corrected chi connectivity index (χ1v) is 7.01. The topological polar surface area (TPSA) is 89.3 Å². The molecule has 2 aromatic rings. The summed E-state index contributed by atoms with van der Waals surface area (Å²) in [6.07, 6.45) is 0. The Labute approximate surface area is 118 Å². The molecule has 0 fully saturated rings. The summed E-state index contributed by atoms with van der Waals surface area (Å²) in [6.45, 7) is 0. The molecular formula is C12H8F2N2O4S. The van der Waals surface area contributed by atoms with E-state index in [1.54, 1.807) is 4.72 Å². The number of non-ortho nitro benzene ring substituents is 1. The van der Waals surface area contributed by atoms with Gasteiger partial charge in [0.2, 0.25) is 0 Å². The van der Waals surface area contributed by atoms with Crippen LogP contribution in [0.3, 0.4) is 0 Å². The lowest BCUT2D eigenvalue weighted by molar-refractivity contribution is -0.384. The summed E-state index contributed by atoms with van der Waals surface area (Å²) >= 11 is 0. The van der Waals surface area contributed by atoms with Crippen molar-refractivity contribution >= 4 is 21.4 Å². The third-order valence-corrected chi connectivity index (χ3v) is 3.93. The molecule has 0 radical (unpaired) electrons. The first-order valence-electron chi connectivity index (χ1n) is 5.52. The fourth-order valence-corrected chi connectivity index (χ4v) is 2.71. The number of sulfonamides is 1. The second-order valence-electron chi connectivity index (χ2n) is 3.96. The number of nitro groups is 1. The Bertz CT molecular complexity index is 809. The van der Waals surface area contributed by atoms with Crippen molar-refractivity contribution in [2.75, 3.05) is 4.72 Å². The molecule has 0 bridgehead atoms. The van der Waals surface area contributed by atoms with E-state index in [1.807, 2.05) is 0 Å². The number of nitrogens with zero attached hydrogens (tertiary/aromatic N) is 1. The summed E-state index contributed by atoms with van der Waals surface area (Å²) < 4.78 is 52.7. The van der Waals surface area contributed by atoms with Crippen LogP contribution in [0.2, 0.25) is 0 Å². The van der Waals surface area contributed by atoms with E-state index < -0.39 is 42.9 Å². The summed E-state index contributed by atoms with van der Waals surface area (Å²) in [7, 11) is -4.40. The van der Waals surface area contributed by atoms with Crippen molar-refractivity contribution in [1.82, 2.24) is 0 Å². The van der Waals surface area contributed by atoms with Crippen LogP contribution in [0.5, 0.6) is 0 Å². The van der Waals surface area contributed by atoms with E-state index in [4.69, 9.17) is 0 Å². The van der Waals surface area contributed by atoms with Crippen molar-refractivity contribution in [2.45, 2.75) is 4.90 Å². The average molecular weight is 314 g/mol. The van der Waals surface area contributed by atoms with Crippen molar-refractivity contribution in [1.29, 1.82) is 0 Å². The van der Waals surface area contributed by atoms with Gasteiger partial charge in [0.15, 0.2) is 0 Å². The van der Waals surface area contributed by atoms with E-state index >= 15 is 0 Å². The number of nitro benzene ring substituents is 1. The summed E-state index contributed by atoms with van der Waals surface area (Å²) in [4.78, 5) is 9.11. The van der Waals surface area contributed by atoms with Gasteiger partial charge in [0, 0.05) is 12.1 Å². The maximum Gasteiger partial charge on any atom is 0.271 e. The van der Waals surface area contributed by atoms with Gasteiger partial charge in [-0.3, -0.25) is 14.8 Å². The lowest BCUT2D eigenvalue weighted by Crippen LogP contribution is -2.15. The maximum atomic E-state index is 13.5. The predicted molar refractivity (Wildman–Crippen MR) is 70.3 cm³/mol. The molecule has 1 N–H and O–H groups in total. The molecule has 0 heterocycles. The molecule has 0 spiro atoms. The minimum absolute atomic E-state index is 0.498. The van der Waals surface area contributed by atoms with Crippen LogP contribution in [-0.4, -0.2) is 13.3 Å². The Kier molecular flexibility index (Phi) is 3.85. The lowest BCUT2D eigenvalue weighted by Gasteiger charge is -2.09. The molecule has 2 rings (SSSR count). The zero-order chi connectivity index (χ0) is 15.6. The highest BCUT2D eigenvalue weighted by molar-refractivity contribution is 7.92. The molecule has 6 nitrogen and oxygen atoms in total. The molecule has 0 aliphatic heterocycles. The summed E-state index contributed by atoms with van der Waals surface area (Å²) in [5, 5.41) is 10.6. The molecule has 0 aliphatic rings. The van der Waals surface area contributed by atoms with Gasteiger partial charge in [-0.25, -0.2) is 17.2 Å². The van der Waals surface area contributed by atoms with Crippen LogP contribution in [0, 0.1) is 21.7 Å². The molecule has 0 aliphatic carbocycles. The molecule has 0 aromatic heterocycles. The van der Waals surface area contributed by atoms with Gasteiger partial charge in [0.1, 0.15) is 16.5 Å². The highest BCUT2D eigenvalue weighted by Gasteiger charge is 2.21. The van der Waals surface area contributed by atoms with Crippen molar-refractivity contribution in [2.24, 2.45) is 0 Å². The molecular weight excluding hydrogens is 306 g/mol. The third kappa shape index (κ3) is 3.14. The van der Waals surface area contributed by atoms with Gasteiger partial charge < -0.3 is 0 Å². The largest absolute Gasteiger partial charge is 0.276 e. The lowest BCUT2D eigenvalue weighted by atomic mass is 10.3. The Morgan fingerprint density at radius 2 is 1.71 bits per heavy atom. The van der Waals surface area contributed by atoms with Crippen molar-refractivity contribution in [3.8, 4) is 0 Å². The van der Waals surface area contributed by atoms with E-state index in [0.29, 0.717) is 6.07 Å². The summed E-state index contributed by atoms with van der Waals surface area (Å²) in [6, 6.07) is 6.86. The van der Waals surface area contributed by atoms with Crippen LogP contribution in [0.15, 0.2) is 47.4 Å². The van der Waals surface area contributed by atoms with Gasteiger partial charge in [-0.05, 0) is 18.2 Å². The molecule has 0 amide bonds. The van der Waals surface area contributed by atoms with Crippen molar-refractivity contribution in [3.63, 3.8) is 0 Å². The molecule has 110 valence electrons. The number of anilines is 1. The fraction of sp³-hybridized carbons (Fsp3) is 0. The quantitative estimate of drug-likeness (QED) is 0.694. The van der Waals surface area contributed by atoms with E-state index in [0.717, 1.165) is 24.3 Å². The monoisotopic (exact) mass is 314 g/mol. The number of hydrogen-bond donors (Lipinski definition) is 1. The smallest absolute Gasteiger partial charge is 0.271 e. The highest BCUT2D eigenvalue weighted by Crippen LogP contribution is 2.24. The van der Waals surface area contributed by atoms with Crippen molar-refractivity contribution < 1.29 is 22.1 Å². The molecule has 0 saturated carbocycles. The maximum absolute atomic E-state index is 13.5. The van der Waals surface area contributed by atoms with Gasteiger partial charge in [0.25, 0.3) is 15.7 Å². The Morgan fingerprint density at radius 3 is 2.33 bits per heavy atom. The van der Waals surface area contributed by atoms with Gasteiger partial charge in [-0.2, -0.15) is 0 Å². The van der Waals surface area contributed by atoms with Crippen molar-refractivity contribution in [3.05, 3.63) is 64.2 Å². The molecule has 0 saturated heterocycles. The Balaban J connectivity index is 2.44. The first-order chi connectivity index (χ1) is 9.81. The van der Waals surface area contributed by atoms with Gasteiger partial charge in [-0.15, -0.1) is 0 Å². The molecule has 9 heteroatoms. The van der Waals surface area contributed by atoms with Crippen LogP contribution >= 0.6 is 0 Å². The van der Waals surface area contributed by atoms with Gasteiger partial charge in [0.05, 0.1) is 10.6 Å². The first kappa shape index (κ1) is 14.9. The van der Waals surface area contributed by atoms with Crippen LogP contribution in [-0.2, 0) is 10.0 Å². The van der Waals surface area contributed by atoms with E-state index in [-0.39, 0.29) is 0 Å². The molecule has 0 unspecified atom stereocenters. The number of halogens is 2. The molecule has 2 aromatic carbocycles. The zero-order valence-electron chi connectivity index (χ0n) is 10.3. The highest BCUT2D eigenvalue weighted by atomic mass is 32.2. The minimum atomic E-state index is -4.40. The van der Waals surface area contributed by atoms with Gasteiger partial charge >= 0.3 is 0 Å². The van der Waals surface area contributed by atoms with Crippen LogP contribution in [0.25, 0.3) is 0 Å². The minimum Gasteiger partial charge on any atom is -0.276 e.